The third kappa shape index (κ3) is 2.72. The molecule has 5 heteroatoms. The molecule has 1 saturated heterocycles. The van der Waals surface area contributed by atoms with Crippen LogP contribution in [0.25, 0.3) is 0 Å². The zero-order chi connectivity index (χ0) is 12.4. The van der Waals surface area contributed by atoms with Gasteiger partial charge in [0.1, 0.15) is 18.0 Å². The largest absolute Gasteiger partial charge is 0.367 e. The van der Waals surface area contributed by atoms with Crippen LogP contribution in [0.3, 0.4) is 0 Å². The van der Waals surface area contributed by atoms with Gasteiger partial charge in [-0.2, -0.15) is 0 Å². The maximum Gasteiger partial charge on any atom is 0.134 e. The molecule has 5 nitrogen and oxygen atoms in total. The van der Waals surface area contributed by atoms with Crippen molar-refractivity contribution in [2.24, 2.45) is 0 Å². The molecule has 2 N–H and O–H groups in total. The van der Waals surface area contributed by atoms with Crippen LogP contribution in [-0.2, 0) is 0 Å². The third-order valence-corrected chi connectivity index (χ3v) is 3.80. The van der Waals surface area contributed by atoms with Crippen molar-refractivity contribution in [2.75, 3.05) is 30.4 Å². The van der Waals surface area contributed by atoms with Gasteiger partial charge in [0.25, 0.3) is 0 Å². The summed E-state index contributed by atoms with van der Waals surface area (Å²) in [6.07, 6.45) is 6.57. The van der Waals surface area contributed by atoms with Gasteiger partial charge in [0, 0.05) is 25.2 Å². The van der Waals surface area contributed by atoms with Crippen LogP contribution in [0.5, 0.6) is 0 Å². The van der Waals surface area contributed by atoms with E-state index in [0.717, 1.165) is 24.7 Å². The summed E-state index contributed by atoms with van der Waals surface area (Å²) >= 11 is 0. The lowest BCUT2D eigenvalue weighted by atomic mass is 10.1. The molecule has 0 amide bonds. The van der Waals surface area contributed by atoms with Crippen LogP contribution < -0.4 is 15.5 Å². The first kappa shape index (κ1) is 11.7. The summed E-state index contributed by atoms with van der Waals surface area (Å²) in [6, 6.07) is 3.30. The topological polar surface area (TPSA) is 53.1 Å². The van der Waals surface area contributed by atoms with Crippen molar-refractivity contribution >= 4 is 11.6 Å². The molecule has 1 aliphatic heterocycles. The first-order chi connectivity index (χ1) is 8.83. The van der Waals surface area contributed by atoms with Gasteiger partial charge < -0.3 is 15.5 Å². The van der Waals surface area contributed by atoms with Crippen molar-refractivity contribution in [1.29, 1.82) is 0 Å². The van der Waals surface area contributed by atoms with Crippen LogP contribution in [0.2, 0.25) is 0 Å². The molecule has 0 radical (unpaired) electrons. The first-order valence-corrected chi connectivity index (χ1v) is 6.85. The molecule has 2 fully saturated rings. The molecule has 0 atom stereocenters. The molecule has 1 aromatic heterocycles. The Balaban J connectivity index is 1.69. The second kappa shape index (κ2) is 5.10. The molecule has 1 aromatic rings. The molecule has 1 saturated carbocycles. The Bertz CT molecular complexity index is 398. The van der Waals surface area contributed by atoms with E-state index in [0.29, 0.717) is 12.1 Å². The predicted molar refractivity (Wildman–Crippen MR) is 73.0 cm³/mol. The number of aromatic nitrogens is 2. The van der Waals surface area contributed by atoms with Crippen molar-refractivity contribution in [3.8, 4) is 0 Å². The summed E-state index contributed by atoms with van der Waals surface area (Å²) in [5.41, 5.74) is 0. The molecule has 0 bridgehead atoms. The number of nitrogens with zero attached hydrogens (tertiary/aromatic N) is 3. The second-order valence-corrected chi connectivity index (χ2v) is 5.27. The summed E-state index contributed by atoms with van der Waals surface area (Å²) in [5.74, 6) is 1.99. The maximum absolute atomic E-state index is 4.40. The number of piperidine rings is 1. The van der Waals surface area contributed by atoms with Gasteiger partial charge >= 0.3 is 0 Å². The smallest absolute Gasteiger partial charge is 0.134 e. The summed E-state index contributed by atoms with van der Waals surface area (Å²) in [5, 5.41) is 6.82. The molecular weight excluding hydrogens is 226 g/mol. The fraction of sp³-hybridized carbons (Fsp3) is 0.692. The lowest BCUT2D eigenvalue weighted by Crippen LogP contribution is -2.41. The number of hydrogen-bond acceptors (Lipinski definition) is 5. The van der Waals surface area contributed by atoms with Gasteiger partial charge in [0.2, 0.25) is 0 Å². The maximum atomic E-state index is 4.40. The predicted octanol–water partition coefficient (Wildman–Crippen LogP) is 1.24. The van der Waals surface area contributed by atoms with Crippen molar-refractivity contribution in [2.45, 2.75) is 37.8 Å². The zero-order valence-corrected chi connectivity index (χ0v) is 10.9. The normalized spacial score (nSPS) is 20.7. The number of nitrogens with one attached hydrogen (secondary N) is 2. The highest BCUT2D eigenvalue weighted by Crippen LogP contribution is 2.25. The summed E-state index contributed by atoms with van der Waals surface area (Å²) in [4.78, 5) is 11.0. The van der Waals surface area contributed by atoms with E-state index >= 15 is 0 Å². The average Bonchev–Trinajstić information content (AvgIpc) is 3.23. The highest BCUT2D eigenvalue weighted by atomic mass is 15.2. The van der Waals surface area contributed by atoms with Gasteiger partial charge in [-0.15, -0.1) is 0 Å². The summed E-state index contributed by atoms with van der Waals surface area (Å²) in [7, 11) is 2.14. The minimum atomic E-state index is 0.593. The Labute approximate surface area is 108 Å². The van der Waals surface area contributed by atoms with Crippen LogP contribution >= 0.6 is 0 Å². The van der Waals surface area contributed by atoms with E-state index in [2.05, 4.69) is 38.6 Å². The Kier molecular flexibility index (Phi) is 3.32. The highest BCUT2D eigenvalue weighted by Gasteiger charge is 2.22. The molecule has 2 heterocycles. The monoisotopic (exact) mass is 247 g/mol. The molecular formula is C13H21N5. The summed E-state index contributed by atoms with van der Waals surface area (Å²) in [6.45, 7) is 2.21. The van der Waals surface area contributed by atoms with Crippen LogP contribution in [0, 0.1) is 0 Å². The van der Waals surface area contributed by atoms with E-state index in [1.165, 1.54) is 25.7 Å². The van der Waals surface area contributed by atoms with Gasteiger partial charge in [-0.1, -0.05) is 0 Å². The second-order valence-electron chi connectivity index (χ2n) is 5.27. The zero-order valence-electron chi connectivity index (χ0n) is 10.9. The van der Waals surface area contributed by atoms with Crippen molar-refractivity contribution in [3.05, 3.63) is 12.4 Å². The number of rotatable bonds is 4. The Hall–Kier alpha value is -1.36. The molecule has 98 valence electrons. The Morgan fingerprint density at radius 2 is 2.00 bits per heavy atom. The van der Waals surface area contributed by atoms with E-state index in [-0.39, 0.29) is 0 Å². The first-order valence-electron chi connectivity index (χ1n) is 6.85. The quantitative estimate of drug-likeness (QED) is 0.838. The minimum Gasteiger partial charge on any atom is -0.367 e. The number of anilines is 2. The standard InChI is InChI=1S/C13H21N5/c1-18(11-4-6-14-7-5-11)13-8-12(15-9-16-13)17-10-2-3-10/h8-11,14H,2-7H2,1H3,(H,15,16,17). The van der Waals surface area contributed by atoms with Crippen molar-refractivity contribution < 1.29 is 0 Å². The van der Waals surface area contributed by atoms with Crippen LogP contribution in [0.1, 0.15) is 25.7 Å². The fourth-order valence-corrected chi connectivity index (χ4v) is 2.44. The molecule has 18 heavy (non-hydrogen) atoms. The Morgan fingerprint density at radius 1 is 1.22 bits per heavy atom. The third-order valence-electron chi connectivity index (χ3n) is 3.80. The summed E-state index contributed by atoms with van der Waals surface area (Å²) < 4.78 is 0. The van der Waals surface area contributed by atoms with Gasteiger partial charge in [0.15, 0.2) is 0 Å². The van der Waals surface area contributed by atoms with Gasteiger partial charge in [-0.25, -0.2) is 9.97 Å². The molecule has 0 unspecified atom stereocenters. The van der Waals surface area contributed by atoms with Gasteiger partial charge in [-0.3, -0.25) is 0 Å². The van der Waals surface area contributed by atoms with Gasteiger partial charge in [-0.05, 0) is 38.8 Å². The molecule has 1 aliphatic carbocycles. The van der Waals surface area contributed by atoms with E-state index in [4.69, 9.17) is 0 Å². The van der Waals surface area contributed by atoms with Crippen LogP contribution in [0.15, 0.2) is 12.4 Å². The van der Waals surface area contributed by atoms with Crippen molar-refractivity contribution in [3.63, 3.8) is 0 Å². The van der Waals surface area contributed by atoms with E-state index in [9.17, 15) is 0 Å². The van der Waals surface area contributed by atoms with E-state index < -0.39 is 0 Å². The fourth-order valence-electron chi connectivity index (χ4n) is 2.44. The minimum absolute atomic E-state index is 0.593. The van der Waals surface area contributed by atoms with Crippen molar-refractivity contribution in [1.82, 2.24) is 15.3 Å². The molecule has 0 spiro atoms. The number of hydrogen-bond donors (Lipinski definition) is 2. The van der Waals surface area contributed by atoms with E-state index in [1.807, 2.05) is 0 Å². The lowest BCUT2D eigenvalue weighted by Gasteiger charge is -2.32. The molecule has 2 aliphatic rings. The van der Waals surface area contributed by atoms with Crippen LogP contribution in [0.4, 0.5) is 11.6 Å². The van der Waals surface area contributed by atoms with Crippen LogP contribution in [-0.4, -0.2) is 42.2 Å². The average molecular weight is 247 g/mol. The Morgan fingerprint density at radius 3 is 2.72 bits per heavy atom. The SMILES string of the molecule is CN(c1cc(NC2CC2)ncn1)C1CCNCC1. The molecule has 0 aromatic carbocycles. The van der Waals surface area contributed by atoms with E-state index in [1.54, 1.807) is 6.33 Å². The van der Waals surface area contributed by atoms with Gasteiger partial charge in [0.05, 0.1) is 0 Å². The molecule has 3 rings (SSSR count). The lowest BCUT2D eigenvalue weighted by molar-refractivity contribution is 0.441. The highest BCUT2D eigenvalue weighted by molar-refractivity contribution is 5.49.